The van der Waals surface area contributed by atoms with Gasteiger partial charge in [-0.2, -0.15) is 0 Å². The van der Waals surface area contributed by atoms with Crippen molar-refractivity contribution < 1.29 is 13.9 Å². The molecule has 0 aliphatic rings. The molecule has 2 aromatic rings. The molecule has 116 valence electrons. The van der Waals surface area contributed by atoms with Crippen molar-refractivity contribution in [1.29, 1.82) is 0 Å². The molecule has 0 heterocycles. The fraction of sp³-hybridized carbons (Fsp3) is 0.188. The predicted octanol–water partition coefficient (Wildman–Crippen LogP) is 3.85. The minimum absolute atomic E-state index is 0.0398. The summed E-state index contributed by atoms with van der Waals surface area (Å²) in [5, 5.41) is 6.01. The van der Waals surface area contributed by atoms with Crippen molar-refractivity contribution in [3.63, 3.8) is 0 Å². The van der Waals surface area contributed by atoms with E-state index in [9.17, 15) is 9.18 Å². The predicted molar refractivity (Wildman–Crippen MR) is 86.3 cm³/mol. The molecule has 0 spiro atoms. The molecule has 22 heavy (non-hydrogen) atoms. The third-order valence-electron chi connectivity index (χ3n) is 3.06. The first-order valence-electron chi connectivity index (χ1n) is 6.63. The molecule has 4 nitrogen and oxygen atoms in total. The smallest absolute Gasteiger partial charge is 0.243 e. The van der Waals surface area contributed by atoms with Crippen LogP contribution in [-0.2, 0) is 4.79 Å². The number of hydrogen-bond acceptors (Lipinski definition) is 3. The highest BCUT2D eigenvalue weighted by Crippen LogP contribution is 2.27. The molecule has 6 heteroatoms. The van der Waals surface area contributed by atoms with Crippen LogP contribution in [0.15, 0.2) is 36.4 Å². The highest BCUT2D eigenvalue weighted by Gasteiger charge is 2.06. The summed E-state index contributed by atoms with van der Waals surface area (Å²) >= 11 is 6.00. The number of benzene rings is 2. The Kier molecular flexibility index (Phi) is 5.22. The standard InChI is InChI=1S/C16H16ClFN2O2/c1-10-3-4-12(8-14(10)18)20-16(21)9-19-11-5-6-15(22-2)13(17)7-11/h3-8,19H,9H2,1-2H3,(H,20,21). The fourth-order valence-electron chi connectivity index (χ4n) is 1.83. The van der Waals surface area contributed by atoms with Gasteiger partial charge in [-0.1, -0.05) is 17.7 Å². The topological polar surface area (TPSA) is 50.4 Å². The molecule has 0 radical (unpaired) electrons. The lowest BCUT2D eigenvalue weighted by atomic mass is 10.2. The molecule has 0 aliphatic heterocycles. The van der Waals surface area contributed by atoms with Gasteiger partial charge in [0.2, 0.25) is 5.91 Å². The Hall–Kier alpha value is -2.27. The third-order valence-corrected chi connectivity index (χ3v) is 3.36. The van der Waals surface area contributed by atoms with E-state index >= 15 is 0 Å². The van der Waals surface area contributed by atoms with E-state index in [2.05, 4.69) is 10.6 Å². The second kappa shape index (κ2) is 7.13. The number of methoxy groups -OCH3 is 1. The summed E-state index contributed by atoms with van der Waals surface area (Å²) < 4.78 is 18.5. The molecule has 0 bridgehead atoms. The second-order valence-electron chi connectivity index (χ2n) is 4.72. The molecular formula is C16H16ClFN2O2. The van der Waals surface area contributed by atoms with E-state index in [4.69, 9.17) is 16.3 Å². The van der Waals surface area contributed by atoms with E-state index in [-0.39, 0.29) is 18.3 Å². The highest BCUT2D eigenvalue weighted by atomic mass is 35.5. The van der Waals surface area contributed by atoms with Crippen molar-refractivity contribution in [2.24, 2.45) is 0 Å². The van der Waals surface area contributed by atoms with Crippen molar-refractivity contribution in [1.82, 2.24) is 0 Å². The maximum absolute atomic E-state index is 13.4. The van der Waals surface area contributed by atoms with Crippen molar-refractivity contribution in [2.75, 3.05) is 24.3 Å². The van der Waals surface area contributed by atoms with Gasteiger partial charge in [-0.15, -0.1) is 0 Å². The average molecular weight is 323 g/mol. The Morgan fingerprint density at radius 3 is 2.59 bits per heavy atom. The zero-order chi connectivity index (χ0) is 16.1. The SMILES string of the molecule is COc1ccc(NCC(=O)Nc2ccc(C)c(F)c2)cc1Cl. The summed E-state index contributed by atoms with van der Waals surface area (Å²) in [7, 11) is 1.53. The van der Waals surface area contributed by atoms with Crippen molar-refractivity contribution in [3.05, 3.63) is 52.8 Å². The maximum Gasteiger partial charge on any atom is 0.243 e. The van der Waals surface area contributed by atoms with Crippen LogP contribution in [0.1, 0.15) is 5.56 Å². The molecule has 0 unspecified atom stereocenters. The zero-order valence-electron chi connectivity index (χ0n) is 12.2. The number of halogens is 2. The van der Waals surface area contributed by atoms with Gasteiger partial charge in [0, 0.05) is 11.4 Å². The Labute approximate surface area is 133 Å². The Bertz CT molecular complexity index is 692. The largest absolute Gasteiger partial charge is 0.495 e. The molecule has 0 saturated heterocycles. The van der Waals surface area contributed by atoms with Crippen LogP contribution in [-0.4, -0.2) is 19.6 Å². The first-order valence-corrected chi connectivity index (χ1v) is 7.01. The molecule has 2 N–H and O–H groups in total. The average Bonchev–Trinajstić information content (AvgIpc) is 2.49. The Balaban J connectivity index is 1.92. The summed E-state index contributed by atoms with van der Waals surface area (Å²) in [4.78, 5) is 11.8. The minimum Gasteiger partial charge on any atom is -0.495 e. The summed E-state index contributed by atoms with van der Waals surface area (Å²) in [6.07, 6.45) is 0. The van der Waals surface area contributed by atoms with Gasteiger partial charge in [0.15, 0.2) is 0 Å². The van der Waals surface area contributed by atoms with E-state index in [0.717, 1.165) is 0 Å². The fourth-order valence-corrected chi connectivity index (χ4v) is 2.09. The first-order chi connectivity index (χ1) is 10.5. The number of carbonyl (C=O) groups excluding carboxylic acids is 1. The maximum atomic E-state index is 13.4. The monoisotopic (exact) mass is 322 g/mol. The van der Waals surface area contributed by atoms with Gasteiger partial charge >= 0.3 is 0 Å². The van der Waals surface area contributed by atoms with Gasteiger partial charge < -0.3 is 15.4 Å². The lowest BCUT2D eigenvalue weighted by Crippen LogP contribution is -2.21. The number of rotatable bonds is 5. The van der Waals surface area contributed by atoms with Crippen molar-refractivity contribution in [2.45, 2.75) is 6.92 Å². The number of amides is 1. The van der Waals surface area contributed by atoms with Crippen LogP contribution in [0.5, 0.6) is 5.75 Å². The molecule has 0 atom stereocenters. The van der Waals surface area contributed by atoms with Crippen molar-refractivity contribution in [3.8, 4) is 5.75 Å². The van der Waals surface area contributed by atoms with E-state index in [1.165, 1.54) is 13.2 Å². The first kappa shape index (κ1) is 16.1. The number of carbonyl (C=O) groups is 1. The third kappa shape index (κ3) is 4.11. The normalized spacial score (nSPS) is 10.2. The summed E-state index contributed by atoms with van der Waals surface area (Å²) in [6.45, 7) is 1.70. The molecule has 0 fully saturated rings. The summed E-state index contributed by atoms with van der Waals surface area (Å²) in [5.74, 6) is -0.0744. The van der Waals surface area contributed by atoms with Crippen LogP contribution in [0, 0.1) is 12.7 Å². The van der Waals surface area contributed by atoms with Gasteiger partial charge in [0.1, 0.15) is 11.6 Å². The van der Waals surface area contributed by atoms with Crippen LogP contribution < -0.4 is 15.4 Å². The molecule has 2 rings (SSSR count). The van der Waals surface area contributed by atoms with Gasteiger partial charge in [-0.3, -0.25) is 4.79 Å². The van der Waals surface area contributed by atoms with Crippen molar-refractivity contribution >= 4 is 28.9 Å². The molecular weight excluding hydrogens is 307 g/mol. The van der Waals surface area contributed by atoms with Crippen LogP contribution in [0.2, 0.25) is 5.02 Å². The van der Waals surface area contributed by atoms with Crippen LogP contribution in [0.25, 0.3) is 0 Å². The Morgan fingerprint density at radius 2 is 1.95 bits per heavy atom. The molecule has 0 saturated carbocycles. The molecule has 0 aliphatic carbocycles. The zero-order valence-corrected chi connectivity index (χ0v) is 13.0. The lowest BCUT2D eigenvalue weighted by molar-refractivity contribution is -0.114. The van der Waals surface area contributed by atoms with Crippen LogP contribution in [0.3, 0.4) is 0 Å². The highest BCUT2D eigenvalue weighted by molar-refractivity contribution is 6.32. The number of anilines is 2. The number of ether oxygens (including phenoxy) is 1. The quantitative estimate of drug-likeness (QED) is 0.879. The van der Waals surface area contributed by atoms with Crippen LogP contribution >= 0.6 is 11.6 Å². The van der Waals surface area contributed by atoms with Gasteiger partial charge in [-0.25, -0.2) is 4.39 Å². The summed E-state index contributed by atoms with van der Waals surface area (Å²) in [6, 6.07) is 9.68. The van der Waals surface area contributed by atoms with E-state index in [1.807, 2.05) is 0 Å². The summed E-state index contributed by atoms with van der Waals surface area (Å²) in [5.41, 5.74) is 1.64. The van der Waals surface area contributed by atoms with Gasteiger partial charge in [0.25, 0.3) is 0 Å². The molecule has 1 amide bonds. The molecule has 2 aromatic carbocycles. The van der Waals surface area contributed by atoms with E-state index in [0.29, 0.717) is 27.7 Å². The van der Waals surface area contributed by atoms with E-state index in [1.54, 1.807) is 37.3 Å². The lowest BCUT2D eigenvalue weighted by Gasteiger charge is -2.10. The Morgan fingerprint density at radius 1 is 1.23 bits per heavy atom. The van der Waals surface area contributed by atoms with Gasteiger partial charge in [-0.05, 0) is 42.8 Å². The van der Waals surface area contributed by atoms with E-state index < -0.39 is 0 Å². The second-order valence-corrected chi connectivity index (χ2v) is 5.12. The number of aryl methyl sites for hydroxylation is 1. The molecule has 0 aromatic heterocycles. The number of hydrogen-bond donors (Lipinski definition) is 2. The minimum atomic E-state index is -0.354. The van der Waals surface area contributed by atoms with Crippen LogP contribution in [0.4, 0.5) is 15.8 Å². The van der Waals surface area contributed by atoms with Gasteiger partial charge in [0.05, 0.1) is 18.7 Å². The number of nitrogens with one attached hydrogen (secondary N) is 2.